The van der Waals surface area contributed by atoms with E-state index in [1.807, 2.05) is 32.0 Å². The van der Waals surface area contributed by atoms with E-state index < -0.39 is 5.97 Å². The standard InChI is InChI=1S/C19H24N2O3/c1-12(2)7-8-20-18(22)11-24-19(23)16-10-14(4)21-17-6-5-13(3)9-15(16)17/h5-6,9-10,12H,7-8,11H2,1-4H3,(H,20,22). The molecule has 0 aliphatic carbocycles. The summed E-state index contributed by atoms with van der Waals surface area (Å²) in [4.78, 5) is 28.5. The van der Waals surface area contributed by atoms with Crippen LogP contribution >= 0.6 is 0 Å². The Morgan fingerprint density at radius 1 is 1.21 bits per heavy atom. The third kappa shape index (κ3) is 4.78. The number of esters is 1. The van der Waals surface area contributed by atoms with Gasteiger partial charge in [-0.05, 0) is 44.4 Å². The molecule has 1 aromatic carbocycles. The summed E-state index contributed by atoms with van der Waals surface area (Å²) in [6.45, 7) is 8.28. The van der Waals surface area contributed by atoms with Gasteiger partial charge in [0.2, 0.25) is 0 Å². The maximum absolute atomic E-state index is 12.4. The summed E-state index contributed by atoms with van der Waals surface area (Å²) in [5, 5.41) is 3.49. The fourth-order valence-corrected chi connectivity index (χ4v) is 2.40. The molecule has 0 fully saturated rings. The van der Waals surface area contributed by atoms with Crippen molar-refractivity contribution in [2.24, 2.45) is 5.92 Å². The highest BCUT2D eigenvalue weighted by atomic mass is 16.5. The molecule has 1 heterocycles. The minimum absolute atomic E-state index is 0.272. The summed E-state index contributed by atoms with van der Waals surface area (Å²) in [6, 6.07) is 7.43. The summed E-state index contributed by atoms with van der Waals surface area (Å²) < 4.78 is 5.17. The minimum atomic E-state index is -0.505. The van der Waals surface area contributed by atoms with E-state index in [-0.39, 0.29) is 12.5 Å². The van der Waals surface area contributed by atoms with Crippen LogP contribution in [0.15, 0.2) is 24.3 Å². The Balaban J connectivity index is 2.06. The highest BCUT2D eigenvalue weighted by Crippen LogP contribution is 2.20. The van der Waals surface area contributed by atoms with Crippen molar-refractivity contribution in [3.05, 3.63) is 41.1 Å². The molecular weight excluding hydrogens is 304 g/mol. The number of hydrogen-bond donors (Lipinski definition) is 1. The Labute approximate surface area is 142 Å². The average Bonchev–Trinajstić information content (AvgIpc) is 2.52. The zero-order valence-electron chi connectivity index (χ0n) is 14.7. The predicted molar refractivity (Wildman–Crippen MR) is 94.0 cm³/mol. The van der Waals surface area contributed by atoms with Gasteiger partial charge in [0.05, 0.1) is 11.1 Å². The van der Waals surface area contributed by atoms with Crippen LogP contribution in [-0.2, 0) is 9.53 Å². The van der Waals surface area contributed by atoms with Gasteiger partial charge >= 0.3 is 5.97 Å². The van der Waals surface area contributed by atoms with Gasteiger partial charge in [-0.1, -0.05) is 25.5 Å². The van der Waals surface area contributed by atoms with Gasteiger partial charge in [0.1, 0.15) is 0 Å². The second-order valence-corrected chi connectivity index (χ2v) is 6.44. The number of fused-ring (bicyclic) bond motifs is 1. The summed E-state index contributed by atoms with van der Waals surface area (Å²) >= 11 is 0. The van der Waals surface area contributed by atoms with Crippen molar-refractivity contribution in [2.75, 3.05) is 13.2 Å². The van der Waals surface area contributed by atoms with Gasteiger partial charge < -0.3 is 10.1 Å². The van der Waals surface area contributed by atoms with E-state index in [1.54, 1.807) is 6.07 Å². The van der Waals surface area contributed by atoms with Crippen LogP contribution in [0.1, 0.15) is 41.9 Å². The molecule has 2 aromatic rings. The average molecular weight is 328 g/mol. The minimum Gasteiger partial charge on any atom is -0.452 e. The third-order valence-electron chi connectivity index (χ3n) is 3.69. The van der Waals surface area contributed by atoms with Gasteiger partial charge in [-0.15, -0.1) is 0 Å². The largest absolute Gasteiger partial charge is 0.452 e. The first-order valence-electron chi connectivity index (χ1n) is 8.18. The van der Waals surface area contributed by atoms with Crippen LogP contribution in [0.5, 0.6) is 0 Å². The van der Waals surface area contributed by atoms with Crippen molar-refractivity contribution in [1.82, 2.24) is 10.3 Å². The van der Waals surface area contributed by atoms with Gasteiger partial charge in [-0.25, -0.2) is 4.79 Å². The molecule has 128 valence electrons. The first-order chi connectivity index (χ1) is 11.4. The molecule has 0 aliphatic heterocycles. The van der Waals surface area contributed by atoms with Crippen LogP contribution in [0.4, 0.5) is 0 Å². The van der Waals surface area contributed by atoms with Gasteiger partial charge in [-0.2, -0.15) is 0 Å². The summed E-state index contributed by atoms with van der Waals surface area (Å²) in [7, 11) is 0. The summed E-state index contributed by atoms with van der Waals surface area (Å²) in [5.41, 5.74) is 2.96. The number of benzene rings is 1. The molecule has 0 saturated carbocycles. The van der Waals surface area contributed by atoms with Gasteiger partial charge in [0.15, 0.2) is 6.61 Å². The lowest BCUT2D eigenvalue weighted by molar-refractivity contribution is -0.124. The van der Waals surface area contributed by atoms with E-state index in [4.69, 9.17) is 4.74 Å². The monoisotopic (exact) mass is 328 g/mol. The van der Waals surface area contributed by atoms with Crippen LogP contribution < -0.4 is 5.32 Å². The number of nitrogens with one attached hydrogen (secondary N) is 1. The fourth-order valence-electron chi connectivity index (χ4n) is 2.40. The highest BCUT2D eigenvalue weighted by Gasteiger charge is 2.15. The molecule has 0 aliphatic rings. The molecule has 24 heavy (non-hydrogen) atoms. The number of aromatic nitrogens is 1. The normalized spacial score (nSPS) is 10.9. The van der Waals surface area contributed by atoms with Gasteiger partial charge in [-0.3, -0.25) is 9.78 Å². The second kappa shape index (κ2) is 7.90. The van der Waals surface area contributed by atoms with Crippen molar-refractivity contribution in [3.8, 4) is 0 Å². The Hall–Kier alpha value is -2.43. The Morgan fingerprint density at radius 3 is 2.67 bits per heavy atom. The molecule has 0 saturated heterocycles. The molecule has 0 spiro atoms. The van der Waals surface area contributed by atoms with E-state index in [9.17, 15) is 9.59 Å². The second-order valence-electron chi connectivity index (χ2n) is 6.44. The van der Waals surface area contributed by atoms with Crippen molar-refractivity contribution < 1.29 is 14.3 Å². The summed E-state index contributed by atoms with van der Waals surface area (Å²) in [6.07, 6.45) is 0.896. The molecular formula is C19H24N2O3. The lowest BCUT2D eigenvalue weighted by Gasteiger charge is -2.10. The SMILES string of the molecule is Cc1ccc2nc(C)cc(C(=O)OCC(=O)NCCC(C)C)c2c1. The van der Waals surface area contributed by atoms with Crippen LogP contribution in [-0.4, -0.2) is 30.0 Å². The van der Waals surface area contributed by atoms with Crippen molar-refractivity contribution in [1.29, 1.82) is 0 Å². The molecule has 1 N–H and O–H groups in total. The maximum atomic E-state index is 12.4. The zero-order valence-corrected chi connectivity index (χ0v) is 14.7. The van der Waals surface area contributed by atoms with E-state index >= 15 is 0 Å². The lowest BCUT2D eigenvalue weighted by Crippen LogP contribution is -2.30. The van der Waals surface area contributed by atoms with E-state index in [2.05, 4.69) is 24.1 Å². The smallest absolute Gasteiger partial charge is 0.339 e. The molecule has 0 bridgehead atoms. The number of hydrogen-bond acceptors (Lipinski definition) is 4. The van der Waals surface area contributed by atoms with Crippen molar-refractivity contribution in [2.45, 2.75) is 34.1 Å². The molecule has 0 radical (unpaired) electrons. The Morgan fingerprint density at radius 2 is 1.96 bits per heavy atom. The van der Waals surface area contributed by atoms with E-state index in [0.717, 1.165) is 28.6 Å². The van der Waals surface area contributed by atoms with Gasteiger partial charge in [0.25, 0.3) is 5.91 Å². The Bertz CT molecular complexity index is 754. The number of pyridine rings is 1. The topological polar surface area (TPSA) is 68.3 Å². The number of aryl methyl sites for hydroxylation is 2. The maximum Gasteiger partial charge on any atom is 0.339 e. The van der Waals surface area contributed by atoms with E-state index in [0.29, 0.717) is 18.0 Å². The van der Waals surface area contributed by atoms with Crippen LogP contribution in [0.3, 0.4) is 0 Å². The fraction of sp³-hybridized carbons (Fsp3) is 0.421. The third-order valence-corrected chi connectivity index (χ3v) is 3.69. The molecule has 1 amide bonds. The number of rotatable bonds is 6. The zero-order chi connectivity index (χ0) is 17.7. The van der Waals surface area contributed by atoms with Crippen LogP contribution in [0.25, 0.3) is 10.9 Å². The number of carbonyl (C=O) groups excluding carboxylic acids is 2. The van der Waals surface area contributed by atoms with Gasteiger partial charge in [0, 0.05) is 17.6 Å². The lowest BCUT2D eigenvalue weighted by atomic mass is 10.1. The predicted octanol–water partition coefficient (Wildman–Crippen LogP) is 3.17. The highest BCUT2D eigenvalue weighted by molar-refractivity contribution is 6.04. The molecule has 1 aromatic heterocycles. The molecule has 5 heteroatoms. The van der Waals surface area contributed by atoms with Crippen molar-refractivity contribution in [3.63, 3.8) is 0 Å². The van der Waals surface area contributed by atoms with E-state index in [1.165, 1.54) is 0 Å². The number of carbonyl (C=O) groups is 2. The molecule has 0 unspecified atom stereocenters. The van der Waals surface area contributed by atoms with Crippen molar-refractivity contribution >= 4 is 22.8 Å². The molecule has 0 atom stereocenters. The first-order valence-corrected chi connectivity index (χ1v) is 8.18. The Kier molecular flexibility index (Phi) is 5.90. The van der Waals surface area contributed by atoms with Crippen LogP contribution in [0.2, 0.25) is 0 Å². The summed E-state index contributed by atoms with van der Waals surface area (Å²) in [5.74, 6) is -0.271. The number of amides is 1. The molecule has 2 rings (SSSR count). The number of nitrogens with zero attached hydrogens (tertiary/aromatic N) is 1. The quantitative estimate of drug-likeness (QED) is 0.827. The van der Waals surface area contributed by atoms with Crippen LogP contribution in [0, 0.1) is 19.8 Å². The first kappa shape index (κ1) is 17.9. The number of ether oxygens (including phenoxy) is 1. The molecule has 5 nitrogen and oxygen atoms in total.